The normalized spacial score (nSPS) is 50.0. The summed E-state index contributed by atoms with van der Waals surface area (Å²) in [5.41, 5.74) is -1.62. The Bertz CT molecular complexity index is 1260. The zero-order valence-electron chi connectivity index (χ0n) is 25.8. The quantitative estimate of drug-likeness (QED) is 0.326. The van der Waals surface area contributed by atoms with E-state index in [-0.39, 0.29) is 64.0 Å². The fourth-order valence-electron chi connectivity index (χ4n) is 10.6. The number of fused-ring (bicyclic) bond motifs is 9. The number of rotatable bonds is 2. The van der Waals surface area contributed by atoms with Crippen LogP contribution in [0.3, 0.4) is 0 Å². The monoisotopic (exact) mass is 554 g/mol. The minimum Gasteiger partial charge on any atom is -0.423 e. The van der Waals surface area contributed by atoms with E-state index >= 15 is 0 Å². The molecule has 6 rings (SSSR count). The number of carbonyl (C=O) groups excluding carboxylic acids is 3. The van der Waals surface area contributed by atoms with Gasteiger partial charge in [-0.1, -0.05) is 39.3 Å². The van der Waals surface area contributed by atoms with Crippen molar-refractivity contribution < 1.29 is 33.3 Å². The maximum absolute atomic E-state index is 14.6. The smallest absolute Gasteiger partial charge is 0.308 e. The van der Waals surface area contributed by atoms with Gasteiger partial charge in [0, 0.05) is 44.1 Å². The Morgan fingerprint density at radius 2 is 1.70 bits per heavy atom. The zero-order chi connectivity index (χ0) is 29.4. The first kappa shape index (κ1) is 28.3. The van der Waals surface area contributed by atoms with Gasteiger partial charge in [0.25, 0.3) is 0 Å². The summed E-state index contributed by atoms with van der Waals surface area (Å²) in [4.78, 5) is 40.0. The van der Waals surface area contributed by atoms with E-state index in [2.05, 4.69) is 47.6 Å². The maximum Gasteiger partial charge on any atom is 0.308 e. The summed E-state index contributed by atoms with van der Waals surface area (Å²) < 4.78 is 25.3. The van der Waals surface area contributed by atoms with E-state index in [1.165, 1.54) is 6.92 Å². The molecule has 2 saturated heterocycles. The van der Waals surface area contributed by atoms with Crippen molar-refractivity contribution >= 4 is 17.5 Å². The highest BCUT2D eigenvalue weighted by Gasteiger charge is 2.75. The molecule has 10 atom stereocenters. The molecular formula is C33H46O7. The first-order valence-electron chi connectivity index (χ1n) is 15.0. The van der Waals surface area contributed by atoms with Crippen LogP contribution in [-0.4, -0.2) is 48.2 Å². The Labute approximate surface area is 238 Å². The molecule has 2 bridgehead atoms. The lowest BCUT2D eigenvalue weighted by Gasteiger charge is -2.63. The lowest BCUT2D eigenvalue weighted by atomic mass is 9.39. The van der Waals surface area contributed by atoms with Gasteiger partial charge in [-0.2, -0.15) is 0 Å². The Morgan fingerprint density at radius 3 is 2.33 bits per heavy atom. The predicted octanol–water partition coefficient (Wildman–Crippen LogP) is 5.56. The van der Waals surface area contributed by atoms with Gasteiger partial charge < -0.3 is 18.9 Å². The molecule has 0 radical (unpaired) electrons. The summed E-state index contributed by atoms with van der Waals surface area (Å²) in [6, 6.07) is 0. The molecule has 2 aliphatic heterocycles. The summed E-state index contributed by atoms with van der Waals surface area (Å²) in [6.45, 7) is 18.3. The molecule has 6 aliphatic rings. The van der Waals surface area contributed by atoms with Gasteiger partial charge in [-0.3, -0.25) is 14.4 Å². The van der Waals surface area contributed by atoms with Gasteiger partial charge in [0.15, 0.2) is 11.5 Å². The predicted molar refractivity (Wildman–Crippen MR) is 148 cm³/mol. The highest BCUT2D eigenvalue weighted by molar-refractivity contribution is 6.03. The average molecular weight is 555 g/mol. The number of allylic oxidation sites excluding steroid dienone is 4. The minimum atomic E-state index is -0.855. The van der Waals surface area contributed by atoms with Crippen LogP contribution in [0.15, 0.2) is 23.5 Å². The number of esters is 1. The second kappa shape index (κ2) is 8.17. The standard InChI is InChI=1S/C33H46O7/c1-17-26-22(39-25-16-33(17,37-10)40-29(25,5)6)14-30(7)23-12-11-19-20(32(23,9)24(35)15-31(26,30)8)13-21(38-18(2)34)27(36)28(19,3)4/h11,13,17,20,22-23,25-26H,12,14-16H2,1-10H3. The number of carbonyl (C=O) groups is 3. The van der Waals surface area contributed by atoms with E-state index in [1.807, 2.05) is 13.8 Å². The summed E-state index contributed by atoms with van der Waals surface area (Å²) in [5.74, 6) is -1.35. The van der Waals surface area contributed by atoms with Gasteiger partial charge >= 0.3 is 5.97 Å². The number of hydrogen-bond acceptors (Lipinski definition) is 7. The summed E-state index contributed by atoms with van der Waals surface area (Å²) in [6.07, 6.45) is 6.59. The van der Waals surface area contributed by atoms with Crippen molar-refractivity contribution in [3.63, 3.8) is 0 Å². The van der Waals surface area contributed by atoms with Crippen LogP contribution in [0.25, 0.3) is 0 Å². The van der Waals surface area contributed by atoms with Gasteiger partial charge in [0.2, 0.25) is 5.78 Å². The molecule has 10 unspecified atom stereocenters. The summed E-state index contributed by atoms with van der Waals surface area (Å²) in [5, 5.41) is 0. The molecule has 0 aromatic rings. The molecule has 7 heteroatoms. The number of hydrogen-bond donors (Lipinski definition) is 0. The summed E-state index contributed by atoms with van der Waals surface area (Å²) >= 11 is 0. The molecular weight excluding hydrogens is 508 g/mol. The van der Waals surface area contributed by atoms with Crippen LogP contribution in [0.1, 0.15) is 88.0 Å². The highest BCUT2D eigenvalue weighted by Crippen LogP contribution is 2.75. The number of ether oxygens (including phenoxy) is 4. The van der Waals surface area contributed by atoms with E-state index in [9.17, 15) is 14.4 Å². The molecule has 0 amide bonds. The summed E-state index contributed by atoms with van der Waals surface area (Å²) in [7, 11) is 1.74. The molecule has 0 aromatic heterocycles. The first-order chi connectivity index (χ1) is 18.4. The molecule has 4 aliphatic carbocycles. The van der Waals surface area contributed by atoms with E-state index in [0.717, 1.165) is 18.4 Å². The second-order valence-electron chi connectivity index (χ2n) is 15.3. The van der Waals surface area contributed by atoms with Crippen LogP contribution in [0.2, 0.25) is 0 Å². The largest absolute Gasteiger partial charge is 0.423 e. The Morgan fingerprint density at radius 1 is 1.02 bits per heavy atom. The first-order valence-corrected chi connectivity index (χ1v) is 15.0. The van der Waals surface area contributed by atoms with Crippen molar-refractivity contribution in [2.24, 2.45) is 45.3 Å². The third-order valence-corrected chi connectivity index (χ3v) is 12.9. The molecule has 0 aromatic carbocycles. The second-order valence-corrected chi connectivity index (χ2v) is 15.3. The van der Waals surface area contributed by atoms with Crippen molar-refractivity contribution in [1.82, 2.24) is 0 Å². The molecule has 4 fully saturated rings. The van der Waals surface area contributed by atoms with Crippen LogP contribution in [0.4, 0.5) is 0 Å². The van der Waals surface area contributed by atoms with Gasteiger partial charge in [0.05, 0.1) is 23.2 Å². The van der Waals surface area contributed by atoms with E-state index in [0.29, 0.717) is 12.8 Å². The molecule has 7 nitrogen and oxygen atoms in total. The van der Waals surface area contributed by atoms with Crippen LogP contribution < -0.4 is 0 Å². The molecule has 0 N–H and O–H groups in total. The van der Waals surface area contributed by atoms with E-state index in [1.54, 1.807) is 13.2 Å². The van der Waals surface area contributed by atoms with Gasteiger partial charge in [0.1, 0.15) is 5.78 Å². The van der Waals surface area contributed by atoms with Gasteiger partial charge in [-0.15, -0.1) is 0 Å². The molecule has 40 heavy (non-hydrogen) atoms. The fourth-order valence-corrected chi connectivity index (χ4v) is 10.6. The van der Waals surface area contributed by atoms with Crippen molar-refractivity contribution in [2.45, 2.75) is 112 Å². The highest BCUT2D eigenvalue weighted by atomic mass is 16.7. The zero-order valence-corrected chi connectivity index (χ0v) is 25.8. The Hall–Kier alpha value is -1.83. The lowest BCUT2D eigenvalue weighted by molar-refractivity contribution is -0.287. The van der Waals surface area contributed by atoms with E-state index in [4.69, 9.17) is 18.9 Å². The topological polar surface area (TPSA) is 88.1 Å². The van der Waals surface area contributed by atoms with Crippen molar-refractivity contribution in [2.75, 3.05) is 7.11 Å². The van der Waals surface area contributed by atoms with Gasteiger partial charge in [-0.25, -0.2) is 0 Å². The van der Waals surface area contributed by atoms with Crippen molar-refractivity contribution in [1.29, 1.82) is 0 Å². The third-order valence-electron chi connectivity index (χ3n) is 12.9. The van der Waals surface area contributed by atoms with Crippen LogP contribution in [-0.2, 0) is 33.3 Å². The van der Waals surface area contributed by atoms with E-state index < -0.39 is 28.2 Å². The number of methoxy groups -OCH3 is 1. The molecule has 2 heterocycles. The minimum absolute atomic E-state index is 0.00718. The van der Waals surface area contributed by atoms with Crippen molar-refractivity contribution in [3.8, 4) is 0 Å². The van der Waals surface area contributed by atoms with Gasteiger partial charge in [-0.05, 0) is 69.3 Å². The number of ketones is 2. The Kier molecular flexibility index (Phi) is 5.78. The lowest BCUT2D eigenvalue weighted by Crippen LogP contribution is -2.63. The maximum atomic E-state index is 14.6. The van der Waals surface area contributed by atoms with Crippen molar-refractivity contribution in [3.05, 3.63) is 23.5 Å². The van der Waals surface area contributed by atoms with Crippen LogP contribution >= 0.6 is 0 Å². The molecule has 220 valence electrons. The molecule has 2 saturated carbocycles. The SMILES string of the molecule is COC12CC(OC3CC4(C)C5CC=C6C(C=C(OC(C)=O)C(=O)C6(C)C)C5(C)C(=O)CC4(C)C3C1C)C(C)(C)O2. The fraction of sp³-hybridized carbons (Fsp3) is 0.788. The van der Waals surface area contributed by atoms with Crippen LogP contribution in [0, 0.1) is 45.3 Å². The van der Waals surface area contributed by atoms with Crippen LogP contribution in [0.5, 0.6) is 0 Å². The number of Topliss-reactive ketones (excluding diaryl/α,β-unsaturated/α-hetero) is 2. The Balaban J connectivity index is 1.47. The average Bonchev–Trinajstić information content (AvgIpc) is 3.18. The molecule has 0 spiro atoms. The third kappa shape index (κ3) is 3.20.